The summed E-state index contributed by atoms with van der Waals surface area (Å²) < 4.78 is 45.0. The molecular weight excluding hydrogens is 375 g/mol. The predicted octanol–water partition coefficient (Wildman–Crippen LogP) is 6.73. The number of hydrogen-bond donors (Lipinski definition) is 1. The van der Waals surface area contributed by atoms with Crippen LogP contribution in [0.4, 0.5) is 18.9 Å². The van der Waals surface area contributed by atoms with E-state index < -0.39 is 11.7 Å². The number of hydrogen-bond acceptors (Lipinski definition) is 2. The van der Waals surface area contributed by atoms with E-state index >= 15 is 0 Å². The zero-order chi connectivity index (χ0) is 20.0. The highest BCUT2D eigenvalue weighted by molar-refractivity contribution is 6.18. The Kier molecular flexibility index (Phi) is 4.93. The molecule has 0 aliphatic carbocycles. The Morgan fingerprint density at radius 2 is 1.81 bits per heavy atom. The Labute approximate surface area is 162 Å². The summed E-state index contributed by atoms with van der Waals surface area (Å²) in [5.74, 6) is 0.547. The molecule has 0 atom stereocenters. The molecule has 3 rings (SSSR count). The minimum Gasteiger partial charge on any atom is -0.496 e. The molecule has 0 unspecified atom stereocenters. The summed E-state index contributed by atoms with van der Waals surface area (Å²) in [7, 11) is 1.44. The number of fused-ring (bicyclic) bond motifs is 1. The zero-order valence-corrected chi connectivity index (χ0v) is 16.3. The fourth-order valence-corrected chi connectivity index (χ4v) is 3.96. The molecule has 0 fully saturated rings. The monoisotopic (exact) mass is 395 g/mol. The molecule has 0 saturated carbocycles. The lowest BCUT2D eigenvalue weighted by molar-refractivity contribution is -0.137. The van der Waals surface area contributed by atoms with E-state index in [0.717, 1.165) is 34.5 Å². The third-order valence-electron chi connectivity index (χ3n) is 4.69. The van der Waals surface area contributed by atoms with Gasteiger partial charge >= 0.3 is 6.18 Å². The number of halogens is 4. The van der Waals surface area contributed by atoms with E-state index in [2.05, 4.69) is 25.2 Å². The lowest BCUT2D eigenvalue weighted by Crippen LogP contribution is -2.31. The van der Waals surface area contributed by atoms with Crippen molar-refractivity contribution < 1.29 is 17.9 Å². The highest BCUT2D eigenvalue weighted by Gasteiger charge is 2.32. The van der Waals surface area contributed by atoms with Crippen molar-refractivity contribution >= 4 is 22.9 Å². The Morgan fingerprint density at radius 3 is 2.41 bits per heavy atom. The number of anilines is 1. The van der Waals surface area contributed by atoms with Crippen LogP contribution in [0.3, 0.4) is 0 Å². The van der Waals surface area contributed by atoms with E-state index in [0.29, 0.717) is 16.9 Å². The molecule has 1 aliphatic heterocycles. The molecule has 6 heteroatoms. The van der Waals surface area contributed by atoms with Crippen LogP contribution in [0.1, 0.15) is 37.5 Å². The third-order valence-corrected chi connectivity index (χ3v) is 4.96. The van der Waals surface area contributed by atoms with Crippen LogP contribution >= 0.6 is 11.6 Å². The van der Waals surface area contributed by atoms with Crippen molar-refractivity contribution in [2.75, 3.05) is 12.4 Å². The van der Waals surface area contributed by atoms with Gasteiger partial charge < -0.3 is 10.1 Å². The third kappa shape index (κ3) is 3.65. The van der Waals surface area contributed by atoms with Crippen molar-refractivity contribution in [2.24, 2.45) is 0 Å². The minimum atomic E-state index is -4.43. The number of allylic oxidation sites excluding steroid dienone is 1. The van der Waals surface area contributed by atoms with E-state index in [1.165, 1.54) is 13.2 Å². The van der Waals surface area contributed by atoms with E-state index in [1.807, 2.05) is 13.0 Å². The molecule has 0 amide bonds. The lowest BCUT2D eigenvalue weighted by Gasteiger charge is -2.33. The van der Waals surface area contributed by atoms with Crippen LogP contribution < -0.4 is 10.1 Å². The Bertz CT molecular complexity index is 916. The van der Waals surface area contributed by atoms with Crippen LogP contribution in [0, 0.1) is 0 Å². The molecule has 0 radical (unpaired) electrons. The number of benzene rings is 2. The second kappa shape index (κ2) is 6.79. The van der Waals surface area contributed by atoms with Gasteiger partial charge in [-0.3, -0.25) is 0 Å². The second-order valence-electron chi connectivity index (χ2n) is 7.23. The average molecular weight is 396 g/mol. The maximum absolute atomic E-state index is 13.2. The summed E-state index contributed by atoms with van der Waals surface area (Å²) in [5, 5.41) is 3.44. The van der Waals surface area contributed by atoms with Crippen molar-refractivity contribution in [1.82, 2.24) is 0 Å². The maximum Gasteiger partial charge on any atom is 0.416 e. The molecule has 0 spiro atoms. The lowest BCUT2D eigenvalue weighted by atomic mass is 9.85. The average Bonchev–Trinajstić information content (AvgIpc) is 2.58. The molecule has 1 N–H and O–H groups in total. The topological polar surface area (TPSA) is 21.3 Å². The van der Waals surface area contributed by atoms with Gasteiger partial charge in [-0.05, 0) is 61.7 Å². The summed E-state index contributed by atoms with van der Waals surface area (Å²) in [4.78, 5) is 0. The van der Waals surface area contributed by atoms with Gasteiger partial charge in [0.25, 0.3) is 0 Å². The van der Waals surface area contributed by atoms with Gasteiger partial charge in [-0.25, -0.2) is 0 Å². The van der Waals surface area contributed by atoms with Crippen molar-refractivity contribution in [3.63, 3.8) is 0 Å². The van der Waals surface area contributed by atoms with Crippen LogP contribution in [0.25, 0.3) is 16.7 Å². The smallest absolute Gasteiger partial charge is 0.416 e. The van der Waals surface area contributed by atoms with E-state index in [-0.39, 0.29) is 11.4 Å². The predicted molar refractivity (Wildman–Crippen MR) is 104 cm³/mol. The van der Waals surface area contributed by atoms with Crippen LogP contribution in [0.5, 0.6) is 5.75 Å². The highest BCUT2D eigenvalue weighted by Crippen LogP contribution is 2.44. The first-order valence-corrected chi connectivity index (χ1v) is 9.06. The molecule has 0 saturated heterocycles. The first-order chi connectivity index (χ1) is 12.6. The fraction of sp³-hybridized carbons (Fsp3) is 0.333. The van der Waals surface area contributed by atoms with Gasteiger partial charge in [-0.1, -0.05) is 12.1 Å². The molecule has 1 heterocycles. The van der Waals surface area contributed by atoms with Crippen LogP contribution in [0.2, 0.25) is 0 Å². The van der Waals surface area contributed by atoms with E-state index in [1.54, 1.807) is 6.07 Å². The standard InChI is InChI=1S/C21H21ClF3NO/c1-12-10-20(2,3)26-17-7-6-14(16(11-22)19(12)17)15-9-13(21(23,24)25)5-8-18(15)27-4/h5-10,26H,11H2,1-4H3. The van der Waals surface area contributed by atoms with Gasteiger partial charge in [0.2, 0.25) is 0 Å². The normalized spacial score (nSPS) is 15.6. The van der Waals surface area contributed by atoms with E-state index in [9.17, 15) is 13.2 Å². The van der Waals surface area contributed by atoms with Gasteiger partial charge in [0, 0.05) is 22.7 Å². The van der Waals surface area contributed by atoms with Crippen LogP contribution in [0.15, 0.2) is 36.4 Å². The molecule has 0 bridgehead atoms. The summed E-state index contributed by atoms with van der Waals surface area (Å²) >= 11 is 6.26. The largest absolute Gasteiger partial charge is 0.496 e. The molecular formula is C21H21ClF3NO. The molecule has 0 aromatic heterocycles. The zero-order valence-electron chi connectivity index (χ0n) is 15.6. The van der Waals surface area contributed by atoms with Crippen molar-refractivity contribution in [3.8, 4) is 16.9 Å². The number of alkyl halides is 4. The second-order valence-corrected chi connectivity index (χ2v) is 7.50. The Balaban J connectivity index is 2.27. The SMILES string of the molecule is COc1ccc(C(F)(F)F)cc1-c1ccc2c(c1CCl)C(C)=CC(C)(C)N2. The van der Waals surface area contributed by atoms with Gasteiger partial charge in [-0.15, -0.1) is 11.6 Å². The summed E-state index contributed by atoms with van der Waals surface area (Å²) in [6.07, 6.45) is -2.34. The Hall–Kier alpha value is -2.14. The van der Waals surface area contributed by atoms with Crippen LogP contribution in [-0.4, -0.2) is 12.6 Å². The molecule has 1 aliphatic rings. The summed E-state index contributed by atoms with van der Waals surface area (Å²) in [5.41, 5.74) is 3.76. The Morgan fingerprint density at radius 1 is 1.11 bits per heavy atom. The molecule has 2 nitrogen and oxygen atoms in total. The number of ether oxygens (including phenoxy) is 1. The molecule has 27 heavy (non-hydrogen) atoms. The number of methoxy groups -OCH3 is 1. The van der Waals surface area contributed by atoms with Crippen LogP contribution in [-0.2, 0) is 12.1 Å². The van der Waals surface area contributed by atoms with Gasteiger partial charge in [0.1, 0.15) is 5.75 Å². The van der Waals surface area contributed by atoms with Gasteiger partial charge in [0.15, 0.2) is 0 Å². The minimum absolute atomic E-state index is 0.172. The molecule has 2 aromatic carbocycles. The molecule has 2 aromatic rings. The number of rotatable bonds is 3. The quantitative estimate of drug-likeness (QED) is 0.582. The van der Waals surface area contributed by atoms with Crippen molar-refractivity contribution in [1.29, 1.82) is 0 Å². The number of nitrogens with one attached hydrogen (secondary N) is 1. The molecule has 144 valence electrons. The first-order valence-electron chi connectivity index (χ1n) is 8.53. The highest BCUT2D eigenvalue weighted by atomic mass is 35.5. The van der Waals surface area contributed by atoms with Crippen molar-refractivity contribution in [2.45, 2.75) is 38.4 Å². The maximum atomic E-state index is 13.2. The fourth-order valence-electron chi connectivity index (χ4n) is 3.68. The van der Waals surface area contributed by atoms with Crippen molar-refractivity contribution in [3.05, 3.63) is 53.1 Å². The first kappa shape index (κ1) is 19.6. The van der Waals surface area contributed by atoms with Gasteiger partial charge in [-0.2, -0.15) is 13.2 Å². The van der Waals surface area contributed by atoms with E-state index in [4.69, 9.17) is 16.3 Å². The van der Waals surface area contributed by atoms with Gasteiger partial charge in [0.05, 0.1) is 18.2 Å². The summed E-state index contributed by atoms with van der Waals surface area (Å²) in [6, 6.07) is 7.18. The summed E-state index contributed by atoms with van der Waals surface area (Å²) in [6.45, 7) is 6.11.